The number of nitrogens with zero attached hydrogens (tertiary/aromatic N) is 3. The highest BCUT2D eigenvalue weighted by Gasteiger charge is 2.13. The molecule has 3 aromatic rings. The van der Waals surface area contributed by atoms with Crippen LogP contribution in [-0.4, -0.2) is 20.4 Å². The molecule has 0 saturated heterocycles. The lowest BCUT2D eigenvalue weighted by Crippen LogP contribution is -2.16. The normalized spacial score (nSPS) is 10.3. The SMILES string of the molecule is Nc1cccnc1C(=O)Nc1ccccc1-n1ccnc1. The van der Waals surface area contributed by atoms with Gasteiger partial charge in [0.1, 0.15) is 0 Å². The summed E-state index contributed by atoms with van der Waals surface area (Å²) in [5.41, 5.74) is 7.79. The Balaban J connectivity index is 1.93. The number of anilines is 2. The van der Waals surface area contributed by atoms with E-state index >= 15 is 0 Å². The molecule has 0 atom stereocenters. The second-order valence-electron chi connectivity index (χ2n) is 4.38. The molecule has 6 heteroatoms. The van der Waals surface area contributed by atoms with Crippen molar-refractivity contribution in [2.75, 3.05) is 11.1 Å². The monoisotopic (exact) mass is 279 g/mol. The van der Waals surface area contributed by atoms with Gasteiger partial charge in [-0.1, -0.05) is 12.1 Å². The fraction of sp³-hybridized carbons (Fsp3) is 0. The molecule has 3 N–H and O–H groups in total. The molecule has 1 amide bonds. The third kappa shape index (κ3) is 2.59. The van der Waals surface area contributed by atoms with Crippen molar-refractivity contribution in [3.05, 3.63) is 67.0 Å². The van der Waals surface area contributed by atoms with Gasteiger partial charge in [0.15, 0.2) is 5.69 Å². The summed E-state index contributed by atoms with van der Waals surface area (Å²) in [5, 5.41) is 2.83. The van der Waals surface area contributed by atoms with Crippen LogP contribution in [0.1, 0.15) is 10.5 Å². The fourth-order valence-electron chi connectivity index (χ4n) is 2.00. The Hall–Kier alpha value is -3.15. The first-order valence-corrected chi connectivity index (χ1v) is 6.35. The Morgan fingerprint density at radius 1 is 1.14 bits per heavy atom. The van der Waals surface area contributed by atoms with Crippen LogP contribution in [0, 0.1) is 0 Å². The van der Waals surface area contributed by atoms with Gasteiger partial charge < -0.3 is 15.6 Å². The molecule has 0 aliphatic carbocycles. The smallest absolute Gasteiger partial charge is 0.276 e. The van der Waals surface area contributed by atoms with Gasteiger partial charge in [-0.25, -0.2) is 9.97 Å². The summed E-state index contributed by atoms with van der Waals surface area (Å²) in [6, 6.07) is 10.8. The van der Waals surface area contributed by atoms with Gasteiger partial charge in [-0.05, 0) is 24.3 Å². The highest BCUT2D eigenvalue weighted by Crippen LogP contribution is 2.20. The van der Waals surface area contributed by atoms with Crippen LogP contribution in [0.4, 0.5) is 11.4 Å². The van der Waals surface area contributed by atoms with Crippen LogP contribution in [0.2, 0.25) is 0 Å². The summed E-state index contributed by atoms with van der Waals surface area (Å²) in [7, 11) is 0. The maximum absolute atomic E-state index is 12.3. The molecule has 0 fully saturated rings. The number of hydrogen-bond acceptors (Lipinski definition) is 4. The molecule has 0 saturated carbocycles. The van der Waals surface area contributed by atoms with E-state index in [1.165, 1.54) is 6.20 Å². The van der Waals surface area contributed by atoms with Crippen molar-refractivity contribution in [1.29, 1.82) is 0 Å². The first-order valence-electron chi connectivity index (χ1n) is 6.35. The van der Waals surface area contributed by atoms with Crippen LogP contribution >= 0.6 is 0 Å². The largest absolute Gasteiger partial charge is 0.397 e. The number of rotatable bonds is 3. The van der Waals surface area contributed by atoms with E-state index in [1.807, 2.05) is 28.8 Å². The average Bonchev–Trinajstić information content (AvgIpc) is 3.02. The number of hydrogen-bond donors (Lipinski definition) is 2. The lowest BCUT2D eigenvalue weighted by atomic mass is 10.2. The molecule has 2 aromatic heterocycles. The van der Waals surface area contributed by atoms with Gasteiger partial charge >= 0.3 is 0 Å². The third-order valence-electron chi connectivity index (χ3n) is 2.99. The van der Waals surface area contributed by atoms with Crippen LogP contribution in [-0.2, 0) is 0 Å². The summed E-state index contributed by atoms with van der Waals surface area (Å²) in [4.78, 5) is 20.3. The zero-order valence-corrected chi connectivity index (χ0v) is 11.1. The van der Waals surface area contributed by atoms with E-state index in [0.29, 0.717) is 11.4 Å². The second-order valence-corrected chi connectivity index (χ2v) is 4.38. The zero-order valence-electron chi connectivity index (χ0n) is 11.1. The molecule has 0 unspecified atom stereocenters. The van der Waals surface area contributed by atoms with E-state index in [0.717, 1.165) is 5.69 Å². The third-order valence-corrected chi connectivity index (χ3v) is 2.99. The molecule has 1 aromatic carbocycles. The molecule has 104 valence electrons. The Morgan fingerprint density at radius 2 is 2.00 bits per heavy atom. The van der Waals surface area contributed by atoms with Crippen LogP contribution in [0.5, 0.6) is 0 Å². The fourth-order valence-corrected chi connectivity index (χ4v) is 2.00. The topological polar surface area (TPSA) is 85.8 Å². The van der Waals surface area contributed by atoms with E-state index in [9.17, 15) is 4.79 Å². The molecule has 6 nitrogen and oxygen atoms in total. The van der Waals surface area contributed by atoms with Crippen molar-refractivity contribution in [2.24, 2.45) is 0 Å². The number of pyridine rings is 1. The summed E-state index contributed by atoms with van der Waals surface area (Å²) < 4.78 is 1.82. The second kappa shape index (κ2) is 5.46. The van der Waals surface area contributed by atoms with Gasteiger partial charge in [0.2, 0.25) is 0 Å². The number of benzene rings is 1. The van der Waals surface area contributed by atoms with Crippen molar-refractivity contribution in [2.45, 2.75) is 0 Å². The predicted molar refractivity (Wildman–Crippen MR) is 80.2 cm³/mol. The zero-order chi connectivity index (χ0) is 14.7. The van der Waals surface area contributed by atoms with E-state index in [1.54, 1.807) is 30.9 Å². The van der Waals surface area contributed by atoms with Crippen molar-refractivity contribution in [3.63, 3.8) is 0 Å². The number of nitrogens with two attached hydrogens (primary N) is 1. The first kappa shape index (κ1) is 12.9. The summed E-state index contributed by atoms with van der Waals surface area (Å²) in [5.74, 6) is -0.347. The van der Waals surface area contributed by atoms with Gasteiger partial charge in [-0.3, -0.25) is 4.79 Å². The van der Waals surface area contributed by atoms with Crippen LogP contribution in [0.3, 0.4) is 0 Å². The molecule has 0 aliphatic heterocycles. The van der Waals surface area contributed by atoms with Gasteiger partial charge in [0.05, 0.1) is 23.4 Å². The lowest BCUT2D eigenvalue weighted by molar-refractivity contribution is 0.102. The number of imidazole rings is 1. The molecule has 21 heavy (non-hydrogen) atoms. The molecular weight excluding hydrogens is 266 g/mol. The molecule has 3 rings (SSSR count). The van der Waals surface area contributed by atoms with Gasteiger partial charge in [0.25, 0.3) is 5.91 Å². The minimum absolute atomic E-state index is 0.206. The number of carbonyl (C=O) groups excluding carboxylic acids is 1. The summed E-state index contributed by atoms with van der Waals surface area (Å²) in [6.07, 6.45) is 6.68. The van der Waals surface area contributed by atoms with Crippen LogP contribution < -0.4 is 11.1 Å². The van der Waals surface area contributed by atoms with Crippen molar-refractivity contribution < 1.29 is 4.79 Å². The Labute approximate surface area is 121 Å². The maximum Gasteiger partial charge on any atom is 0.276 e. The predicted octanol–water partition coefficient (Wildman–Crippen LogP) is 2.10. The van der Waals surface area contributed by atoms with E-state index < -0.39 is 0 Å². The minimum atomic E-state index is -0.347. The highest BCUT2D eigenvalue weighted by molar-refractivity contribution is 6.07. The van der Waals surface area contributed by atoms with Gasteiger partial charge in [-0.15, -0.1) is 0 Å². The minimum Gasteiger partial charge on any atom is -0.397 e. The summed E-state index contributed by atoms with van der Waals surface area (Å²) in [6.45, 7) is 0. The van der Waals surface area contributed by atoms with E-state index in [-0.39, 0.29) is 11.6 Å². The molecule has 0 radical (unpaired) electrons. The van der Waals surface area contributed by atoms with Crippen molar-refractivity contribution in [1.82, 2.24) is 14.5 Å². The molecule has 0 aliphatic rings. The molecular formula is C15H13N5O. The molecule has 0 spiro atoms. The number of aromatic nitrogens is 3. The Morgan fingerprint density at radius 3 is 2.76 bits per heavy atom. The average molecular weight is 279 g/mol. The van der Waals surface area contributed by atoms with E-state index in [2.05, 4.69) is 15.3 Å². The standard InChI is InChI=1S/C15H13N5O/c16-11-4-3-7-18-14(11)15(21)19-12-5-1-2-6-13(12)20-9-8-17-10-20/h1-10H,16H2,(H,19,21). The number of nitrogens with one attached hydrogen (secondary N) is 1. The number of para-hydroxylation sites is 2. The molecule has 0 bridgehead atoms. The van der Waals surface area contributed by atoms with Gasteiger partial charge in [0, 0.05) is 18.6 Å². The van der Waals surface area contributed by atoms with Crippen LogP contribution in [0.15, 0.2) is 61.3 Å². The number of carbonyl (C=O) groups is 1. The summed E-state index contributed by atoms with van der Waals surface area (Å²) >= 11 is 0. The maximum atomic E-state index is 12.3. The van der Waals surface area contributed by atoms with Crippen molar-refractivity contribution >= 4 is 17.3 Å². The van der Waals surface area contributed by atoms with Crippen LogP contribution in [0.25, 0.3) is 5.69 Å². The molecule has 2 heterocycles. The lowest BCUT2D eigenvalue weighted by Gasteiger charge is -2.11. The van der Waals surface area contributed by atoms with Crippen molar-refractivity contribution in [3.8, 4) is 5.69 Å². The number of nitrogen functional groups attached to an aromatic ring is 1. The van der Waals surface area contributed by atoms with Gasteiger partial charge in [-0.2, -0.15) is 0 Å². The first-order chi connectivity index (χ1) is 10.3. The Bertz CT molecular complexity index is 767. The highest BCUT2D eigenvalue weighted by atomic mass is 16.1. The quantitative estimate of drug-likeness (QED) is 0.768. The Kier molecular flexibility index (Phi) is 3.34. The number of amides is 1. The van der Waals surface area contributed by atoms with E-state index in [4.69, 9.17) is 5.73 Å².